The maximum atomic E-state index is 12.7. The van der Waals surface area contributed by atoms with Crippen molar-refractivity contribution in [1.29, 1.82) is 0 Å². The van der Waals surface area contributed by atoms with Crippen molar-refractivity contribution >= 4 is 17.8 Å². The molecule has 4 nitrogen and oxygen atoms in total. The maximum absolute atomic E-state index is 12.7. The molecule has 0 unspecified atom stereocenters. The summed E-state index contributed by atoms with van der Waals surface area (Å²) in [5.74, 6) is -0.281. The zero-order chi connectivity index (χ0) is 10.3. The molecule has 0 spiro atoms. The average molecular weight is 186 g/mol. The van der Waals surface area contributed by atoms with Gasteiger partial charge in [-0.2, -0.15) is 0 Å². The van der Waals surface area contributed by atoms with Crippen molar-refractivity contribution < 1.29 is 14.3 Å². The Morgan fingerprint density at radius 2 is 2.15 bits per heavy atom. The molecule has 1 rings (SSSR count). The molecule has 5 heteroatoms. The zero-order valence-corrected chi connectivity index (χ0v) is 7.12. The van der Waals surface area contributed by atoms with Gasteiger partial charge in [0.1, 0.15) is 5.82 Å². The molecule has 0 amide bonds. The third-order valence-electron chi connectivity index (χ3n) is 1.26. The van der Waals surface area contributed by atoms with Gasteiger partial charge in [0.15, 0.2) is 0 Å². The number of carbonyl (C=O) groups is 1. The fraction of sp³-hybridized carbons (Fsp3) is 0.125. The molecule has 0 saturated carbocycles. The summed E-state index contributed by atoms with van der Waals surface area (Å²) in [6.07, 6.45) is 0. The first-order valence-corrected chi connectivity index (χ1v) is 3.46. The van der Waals surface area contributed by atoms with Gasteiger partial charge in [-0.1, -0.05) is 0 Å². The standard InChI is InChI=1S/C7H9FN2.CH2O2/c1-10-7-4-5(9)2-3-6(7)8;2-1-3/h2-4,10H,9H2,1H3;1H,(H,2,3). The van der Waals surface area contributed by atoms with Crippen molar-refractivity contribution in [3.05, 3.63) is 24.0 Å². The van der Waals surface area contributed by atoms with Crippen LogP contribution in [0.5, 0.6) is 0 Å². The minimum atomic E-state index is -0.281. The summed E-state index contributed by atoms with van der Waals surface area (Å²) >= 11 is 0. The summed E-state index contributed by atoms with van der Waals surface area (Å²) in [7, 11) is 1.65. The largest absolute Gasteiger partial charge is 0.483 e. The van der Waals surface area contributed by atoms with Crippen molar-refractivity contribution in [3.8, 4) is 0 Å². The Balaban J connectivity index is 0.000000424. The van der Waals surface area contributed by atoms with Crippen LogP contribution >= 0.6 is 0 Å². The molecule has 0 aliphatic carbocycles. The van der Waals surface area contributed by atoms with E-state index in [4.69, 9.17) is 15.6 Å². The van der Waals surface area contributed by atoms with Crippen LogP contribution in [0.2, 0.25) is 0 Å². The minimum absolute atomic E-state index is 0.250. The topological polar surface area (TPSA) is 75.3 Å². The number of carboxylic acid groups (broad SMARTS) is 1. The highest BCUT2D eigenvalue weighted by Gasteiger charge is 1.97. The number of nitrogens with one attached hydrogen (secondary N) is 1. The molecule has 0 atom stereocenters. The van der Waals surface area contributed by atoms with Crippen molar-refractivity contribution in [3.63, 3.8) is 0 Å². The fourth-order valence-electron chi connectivity index (χ4n) is 0.734. The van der Waals surface area contributed by atoms with E-state index in [2.05, 4.69) is 5.32 Å². The van der Waals surface area contributed by atoms with Crippen molar-refractivity contribution in [2.75, 3.05) is 18.1 Å². The van der Waals surface area contributed by atoms with E-state index < -0.39 is 0 Å². The van der Waals surface area contributed by atoms with Crippen LogP contribution in [0.15, 0.2) is 18.2 Å². The van der Waals surface area contributed by atoms with Gasteiger partial charge in [-0.25, -0.2) is 4.39 Å². The number of rotatable bonds is 1. The van der Waals surface area contributed by atoms with Crippen LogP contribution in [0, 0.1) is 5.82 Å². The predicted octanol–water partition coefficient (Wildman–Crippen LogP) is 1.15. The number of benzene rings is 1. The second kappa shape index (κ2) is 5.82. The number of hydrogen-bond donors (Lipinski definition) is 3. The van der Waals surface area contributed by atoms with Crippen LogP contribution in [0.4, 0.5) is 15.8 Å². The molecule has 0 fully saturated rings. The third kappa shape index (κ3) is 3.95. The predicted molar refractivity (Wildman–Crippen MR) is 49.1 cm³/mol. The quantitative estimate of drug-likeness (QED) is 0.454. The molecular formula is C8H11FN2O2. The first-order valence-electron chi connectivity index (χ1n) is 3.46. The minimum Gasteiger partial charge on any atom is -0.483 e. The monoisotopic (exact) mass is 186 g/mol. The van der Waals surface area contributed by atoms with Crippen LogP contribution in [0.25, 0.3) is 0 Å². The van der Waals surface area contributed by atoms with E-state index in [9.17, 15) is 4.39 Å². The summed E-state index contributed by atoms with van der Waals surface area (Å²) < 4.78 is 12.7. The lowest BCUT2D eigenvalue weighted by Crippen LogP contribution is -1.94. The molecule has 4 N–H and O–H groups in total. The Labute approximate surface area is 75.2 Å². The molecule has 0 bridgehead atoms. The molecule has 1 aromatic rings. The lowest BCUT2D eigenvalue weighted by atomic mass is 10.3. The van der Waals surface area contributed by atoms with E-state index in [-0.39, 0.29) is 12.3 Å². The molecule has 13 heavy (non-hydrogen) atoms. The second-order valence-electron chi connectivity index (χ2n) is 2.09. The van der Waals surface area contributed by atoms with Crippen LogP contribution in [-0.4, -0.2) is 18.6 Å². The van der Waals surface area contributed by atoms with E-state index in [0.717, 1.165) is 0 Å². The lowest BCUT2D eigenvalue weighted by Gasteiger charge is -2.01. The summed E-state index contributed by atoms with van der Waals surface area (Å²) in [5.41, 5.74) is 6.39. The highest BCUT2D eigenvalue weighted by atomic mass is 19.1. The van der Waals surface area contributed by atoms with Crippen LogP contribution < -0.4 is 11.1 Å². The Morgan fingerprint density at radius 1 is 1.62 bits per heavy atom. The Kier molecular flexibility index (Phi) is 5.02. The van der Waals surface area contributed by atoms with Crippen LogP contribution in [-0.2, 0) is 4.79 Å². The number of anilines is 2. The Bertz CT molecular complexity index is 279. The average Bonchev–Trinajstić information content (AvgIpc) is 2.10. The maximum Gasteiger partial charge on any atom is 0.290 e. The third-order valence-corrected chi connectivity index (χ3v) is 1.26. The van der Waals surface area contributed by atoms with E-state index in [1.54, 1.807) is 13.1 Å². The van der Waals surface area contributed by atoms with Crippen molar-refractivity contribution in [2.45, 2.75) is 0 Å². The number of nitrogens with two attached hydrogens (primary N) is 1. The Hall–Kier alpha value is -1.78. The number of hydrogen-bond acceptors (Lipinski definition) is 3. The van der Waals surface area contributed by atoms with E-state index in [1.165, 1.54) is 12.1 Å². The molecule has 72 valence electrons. The van der Waals surface area contributed by atoms with Crippen LogP contribution in [0.1, 0.15) is 0 Å². The SMILES string of the molecule is CNc1cc(N)ccc1F.O=CO. The molecule has 0 aliphatic rings. The second-order valence-corrected chi connectivity index (χ2v) is 2.09. The number of halogens is 1. The molecule has 0 aromatic heterocycles. The van der Waals surface area contributed by atoms with E-state index in [1.807, 2.05) is 0 Å². The van der Waals surface area contributed by atoms with Crippen LogP contribution in [0.3, 0.4) is 0 Å². The molecule has 1 aromatic carbocycles. The van der Waals surface area contributed by atoms with Gasteiger partial charge in [-0.3, -0.25) is 4.79 Å². The first kappa shape index (κ1) is 11.2. The van der Waals surface area contributed by atoms with Gasteiger partial charge in [0.05, 0.1) is 5.69 Å². The highest BCUT2D eigenvalue weighted by molar-refractivity contribution is 5.54. The van der Waals surface area contributed by atoms with Gasteiger partial charge in [0.25, 0.3) is 6.47 Å². The zero-order valence-electron chi connectivity index (χ0n) is 7.12. The lowest BCUT2D eigenvalue weighted by molar-refractivity contribution is -0.122. The number of nitrogen functional groups attached to an aromatic ring is 1. The van der Waals surface area contributed by atoms with Gasteiger partial charge in [-0.05, 0) is 18.2 Å². The van der Waals surface area contributed by atoms with Gasteiger partial charge >= 0.3 is 0 Å². The highest BCUT2D eigenvalue weighted by Crippen LogP contribution is 2.15. The summed E-state index contributed by atoms with van der Waals surface area (Å²) in [5, 5.41) is 9.57. The molecule has 0 radical (unpaired) electrons. The first-order chi connectivity index (χ1) is 6.15. The van der Waals surface area contributed by atoms with Gasteiger partial charge in [0, 0.05) is 12.7 Å². The normalized spacial score (nSPS) is 8.15. The fourth-order valence-corrected chi connectivity index (χ4v) is 0.734. The molecular weight excluding hydrogens is 175 g/mol. The van der Waals surface area contributed by atoms with Gasteiger partial charge in [-0.15, -0.1) is 0 Å². The van der Waals surface area contributed by atoms with E-state index >= 15 is 0 Å². The summed E-state index contributed by atoms with van der Waals surface area (Å²) in [6.45, 7) is -0.250. The molecule has 0 heterocycles. The summed E-state index contributed by atoms with van der Waals surface area (Å²) in [4.78, 5) is 8.36. The molecule has 0 aliphatic heterocycles. The van der Waals surface area contributed by atoms with Crippen molar-refractivity contribution in [1.82, 2.24) is 0 Å². The molecule has 0 saturated heterocycles. The van der Waals surface area contributed by atoms with Gasteiger partial charge < -0.3 is 16.2 Å². The Morgan fingerprint density at radius 3 is 2.54 bits per heavy atom. The van der Waals surface area contributed by atoms with Gasteiger partial charge in [0.2, 0.25) is 0 Å². The van der Waals surface area contributed by atoms with Crippen molar-refractivity contribution in [2.24, 2.45) is 0 Å². The van der Waals surface area contributed by atoms with E-state index in [0.29, 0.717) is 11.4 Å². The summed E-state index contributed by atoms with van der Waals surface area (Å²) in [6, 6.07) is 4.41. The smallest absolute Gasteiger partial charge is 0.290 e.